The molecule has 7 nitrogen and oxygen atoms in total. The summed E-state index contributed by atoms with van der Waals surface area (Å²) in [7, 11) is -3.79. The zero-order valence-electron chi connectivity index (χ0n) is 10.9. The van der Waals surface area contributed by atoms with Gasteiger partial charge >= 0.3 is 10.1 Å². The Morgan fingerprint density at radius 2 is 1.90 bits per heavy atom. The number of hydrogen-bond donors (Lipinski definition) is 0. The van der Waals surface area contributed by atoms with Crippen LogP contribution in [0.2, 0.25) is 0 Å². The van der Waals surface area contributed by atoms with Crippen molar-refractivity contribution < 1.29 is 12.6 Å². The Morgan fingerprint density at radius 3 is 2.48 bits per heavy atom. The maximum Gasteiger partial charge on any atom is 0.348 e. The Kier molecular flexibility index (Phi) is 3.43. The molecule has 0 fully saturated rings. The summed E-state index contributed by atoms with van der Waals surface area (Å²) < 4.78 is 30.9. The van der Waals surface area contributed by atoms with E-state index >= 15 is 0 Å². The smallest absolute Gasteiger partial charge is 0.348 e. The van der Waals surface area contributed by atoms with Gasteiger partial charge in [0.2, 0.25) is 0 Å². The maximum absolute atomic E-state index is 12.1. The monoisotopic (exact) mass is 322 g/mol. The van der Waals surface area contributed by atoms with Gasteiger partial charge < -0.3 is 4.18 Å². The summed E-state index contributed by atoms with van der Waals surface area (Å²) in [6.07, 6.45) is 1.45. The molecule has 0 atom stereocenters. The number of rotatable bonds is 4. The molecule has 3 aromatic rings. The molecule has 108 valence electrons. The summed E-state index contributed by atoms with van der Waals surface area (Å²) in [5.74, 6) is 0.234. The van der Waals surface area contributed by atoms with Crippen LogP contribution in [0, 0.1) is 6.92 Å². The highest BCUT2D eigenvalue weighted by atomic mass is 32.3. The molecule has 0 aliphatic heterocycles. The molecule has 3 rings (SSSR count). The van der Waals surface area contributed by atoms with Crippen LogP contribution in [0.4, 0.5) is 0 Å². The molecule has 9 heteroatoms. The van der Waals surface area contributed by atoms with Crippen molar-refractivity contribution >= 4 is 21.5 Å². The second-order valence-corrected chi connectivity index (χ2v) is 7.21. The number of nitrogens with zero attached hydrogens (tertiary/aromatic N) is 4. The van der Waals surface area contributed by atoms with Crippen LogP contribution in [0.25, 0.3) is 5.69 Å². The first kappa shape index (κ1) is 13.7. The van der Waals surface area contributed by atoms with Gasteiger partial charge in [-0.2, -0.15) is 8.42 Å². The molecule has 0 spiro atoms. The number of aryl methyl sites for hydroxylation is 1. The van der Waals surface area contributed by atoms with Crippen LogP contribution in [-0.4, -0.2) is 28.6 Å². The topological polar surface area (TPSA) is 87.0 Å². The van der Waals surface area contributed by atoms with E-state index in [1.807, 2.05) is 6.92 Å². The molecule has 0 unspecified atom stereocenters. The van der Waals surface area contributed by atoms with E-state index in [4.69, 9.17) is 4.18 Å². The molecule has 0 saturated heterocycles. The van der Waals surface area contributed by atoms with Crippen molar-refractivity contribution in [3.8, 4) is 11.4 Å². The van der Waals surface area contributed by atoms with Crippen LogP contribution in [0.5, 0.6) is 5.75 Å². The van der Waals surface area contributed by atoms with E-state index < -0.39 is 10.1 Å². The second-order valence-electron chi connectivity index (χ2n) is 4.15. The van der Waals surface area contributed by atoms with Crippen molar-refractivity contribution in [2.45, 2.75) is 11.1 Å². The number of aromatic nitrogens is 4. The molecule has 1 aromatic carbocycles. The first-order valence-corrected chi connectivity index (χ1v) is 8.11. The average Bonchev–Trinajstić information content (AvgIpc) is 3.10. The highest BCUT2D eigenvalue weighted by Crippen LogP contribution is 2.25. The van der Waals surface area contributed by atoms with Gasteiger partial charge in [0.25, 0.3) is 0 Å². The van der Waals surface area contributed by atoms with Gasteiger partial charge in [-0.25, -0.2) is 4.68 Å². The zero-order chi connectivity index (χ0) is 14.9. The van der Waals surface area contributed by atoms with Crippen LogP contribution >= 0.6 is 11.3 Å². The standard InChI is InChI=1S/C12H10N4O3S2/c1-9-2-7-12(20-9)21(17,18)19-11-5-3-10(4-6-11)16-8-13-14-15-16/h2-8H,1H3. The summed E-state index contributed by atoms with van der Waals surface area (Å²) in [6.45, 7) is 1.84. The fourth-order valence-corrected chi connectivity index (χ4v) is 3.82. The van der Waals surface area contributed by atoms with Gasteiger partial charge in [0.1, 0.15) is 12.1 Å². The zero-order valence-corrected chi connectivity index (χ0v) is 12.5. The van der Waals surface area contributed by atoms with Gasteiger partial charge in [0.05, 0.1) is 5.69 Å². The molecule has 21 heavy (non-hydrogen) atoms. The minimum absolute atomic E-state index is 0.185. The lowest BCUT2D eigenvalue weighted by Gasteiger charge is -2.06. The van der Waals surface area contributed by atoms with Gasteiger partial charge in [0, 0.05) is 4.88 Å². The van der Waals surface area contributed by atoms with E-state index in [9.17, 15) is 8.42 Å². The number of benzene rings is 1. The van der Waals surface area contributed by atoms with E-state index in [2.05, 4.69) is 15.5 Å². The summed E-state index contributed by atoms with van der Waals surface area (Å²) in [6, 6.07) is 9.71. The molecule has 0 aliphatic rings. The van der Waals surface area contributed by atoms with Crippen molar-refractivity contribution in [2.75, 3.05) is 0 Å². The highest BCUT2D eigenvalue weighted by Gasteiger charge is 2.18. The maximum atomic E-state index is 12.1. The van der Waals surface area contributed by atoms with Crippen molar-refractivity contribution in [3.05, 3.63) is 47.6 Å². The van der Waals surface area contributed by atoms with Crippen LogP contribution in [0.3, 0.4) is 0 Å². The van der Waals surface area contributed by atoms with E-state index in [-0.39, 0.29) is 9.96 Å². The largest absolute Gasteiger partial charge is 0.378 e. The van der Waals surface area contributed by atoms with Gasteiger partial charge in [-0.3, -0.25) is 0 Å². The predicted molar refractivity (Wildman–Crippen MR) is 76.0 cm³/mol. The van der Waals surface area contributed by atoms with Gasteiger partial charge in [-0.05, 0) is 53.7 Å². The fraction of sp³-hybridized carbons (Fsp3) is 0.0833. The average molecular weight is 322 g/mol. The molecular weight excluding hydrogens is 312 g/mol. The van der Waals surface area contributed by atoms with Crippen LogP contribution < -0.4 is 4.18 Å². The third kappa shape index (κ3) is 2.93. The van der Waals surface area contributed by atoms with E-state index in [0.29, 0.717) is 5.69 Å². The Morgan fingerprint density at radius 1 is 1.14 bits per heavy atom. The van der Waals surface area contributed by atoms with Crippen LogP contribution in [0.1, 0.15) is 4.88 Å². The molecular formula is C12H10N4O3S2. The number of hydrogen-bond acceptors (Lipinski definition) is 7. The molecule has 0 bridgehead atoms. The fourth-order valence-electron chi connectivity index (χ4n) is 1.65. The second kappa shape index (κ2) is 5.26. The molecule has 0 saturated carbocycles. The van der Waals surface area contributed by atoms with Crippen molar-refractivity contribution in [1.29, 1.82) is 0 Å². The lowest BCUT2D eigenvalue weighted by Crippen LogP contribution is -2.08. The quantitative estimate of drug-likeness (QED) is 0.681. The predicted octanol–water partition coefficient (Wildman–Crippen LogP) is 1.80. The number of thiophene rings is 1. The normalized spacial score (nSPS) is 11.5. The van der Waals surface area contributed by atoms with Crippen molar-refractivity contribution in [1.82, 2.24) is 20.2 Å². The Labute approximate surface area is 124 Å². The summed E-state index contributed by atoms with van der Waals surface area (Å²) in [4.78, 5) is 0.909. The minimum atomic E-state index is -3.79. The minimum Gasteiger partial charge on any atom is -0.378 e. The van der Waals surface area contributed by atoms with E-state index in [1.54, 1.807) is 30.3 Å². The molecule has 0 N–H and O–H groups in total. The lowest BCUT2D eigenvalue weighted by atomic mass is 10.3. The Hall–Kier alpha value is -2.26. The van der Waals surface area contributed by atoms with Gasteiger partial charge in [-0.15, -0.1) is 16.4 Å². The van der Waals surface area contributed by atoms with Crippen molar-refractivity contribution in [2.24, 2.45) is 0 Å². The summed E-state index contributed by atoms with van der Waals surface area (Å²) in [5.41, 5.74) is 0.705. The van der Waals surface area contributed by atoms with E-state index in [0.717, 1.165) is 4.88 Å². The van der Waals surface area contributed by atoms with Gasteiger partial charge in [-0.1, -0.05) is 0 Å². The lowest BCUT2D eigenvalue weighted by molar-refractivity contribution is 0.488. The molecule has 2 aromatic heterocycles. The SMILES string of the molecule is Cc1ccc(S(=O)(=O)Oc2ccc(-n3cnnn3)cc2)s1. The van der Waals surface area contributed by atoms with Crippen molar-refractivity contribution in [3.63, 3.8) is 0 Å². The summed E-state index contributed by atoms with van der Waals surface area (Å²) >= 11 is 1.17. The Balaban J connectivity index is 1.82. The van der Waals surface area contributed by atoms with E-state index in [1.165, 1.54) is 28.4 Å². The highest BCUT2D eigenvalue weighted by molar-refractivity contribution is 7.89. The molecule has 0 aliphatic carbocycles. The molecule has 0 radical (unpaired) electrons. The molecule has 2 heterocycles. The molecule has 0 amide bonds. The first-order chi connectivity index (χ1) is 10.0. The van der Waals surface area contributed by atoms with Crippen LogP contribution in [-0.2, 0) is 10.1 Å². The third-order valence-electron chi connectivity index (χ3n) is 2.62. The summed E-state index contributed by atoms with van der Waals surface area (Å²) in [5, 5.41) is 10.8. The van der Waals surface area contributed by atoms with Gasteiger partial charge in [0.15, 0.2) is 4.21 Å². The first-order valence-electron chi connectivity index (χ1n) is 5.89. The third-order valence-corrected chi connectivity index (χ3v) is 5.32. The number of tetrazole rings is 1. The Bertz CT molecular complexity index is 839. The van der Waals surface area contributed by atoms with Crippen LogP contribution in [0.15, 0.2) is 46.9 Å².